The van der Waals surface area contributed by atoms with Gasteiger partial charge in [-0.25, -0.2) is 14.4 Å². The van der Waals surface area contributed by atoms with Crippen molar-refractivity contribution in [2.24, 2.45) is 0 Å². The first kappa shape index (κ1) is 17.7. The van der Waals surface area contributed by atoms with Crippen molar-refractivity contribution < 1.29 is 4.39 Å². The molecule has 0 fully saturated rings. The van der Waals surface area contributed by atoms with E-state index in [1.807, 2.05) is 66.7 Å². The molecule has 0 saturated heterocycles. The fraction of sp³-hybridized carbons (Fsp3) is 0. The van der Waals surface area contributed by atoms with E-state index < -0.39 is 5.82 Å². The monoisotopic (exact) mass is 394 g/mol. The number of hydrogen-bond donors (Lipinski definition) is 0. The Hall–Kier alpha value is -2.75. The Balaban J connectivity index is 1.94. The van der Waals surface area contributed by atoms with Crippen molar-refractivity contribution in [3.8, 4) is 33.9 Å². The second-order valence-corrected chi connectivity index (χ2v) is 6.76. The summed E-state index contributed by atoms with van der Waals surface area (Å²) < 4.78 is 13.8. The molecule has 2 nitrogen and oxygen atoms in total. The van der Waals surface area contributed by atoms with E-state index in [1.165, 1.54) is 12.1 Å². The van der Waals surface area contributed by atoms with Gasteiger partial charge in [0.1, 0.15) is 0 Å². The maximum absolute atomic E-state index is 13.8. The number of hydrogen-bond acceptors (Lipinski definition) is 2. The van der Waals surface area contributed by atoms with Gasteiger partial charge in [0.2, 0.25) is 0 Å². The summed E-state index contributed by atoms with van der Waals surface area (Å²) in [5.41, 5.74) is 3.99. The molecular weight excluding hydrogens is 382 g/mol. The van der Waals surface area contributed by atoms with Crippen molar-refractivity contribution in [2.75, 3.05) is 0 Å². The molecule has 0 radical (unpaired) electrons. The average molecular weight is 395 g/mol. The van der Waals surface area contributed by atoms with Crippen molar-refractivity contribution >= 4 is 23.2 Å². The molecule has 0 aliphatic heterocycles. The van der Waals surface area contributed by atoms with E-state index in [1.54, 1.807) is 0 Å². The quantitative estimate of drug-likeness (QED) is 0.352. The zero-order valence-electron chi connectivity index (χ0n) is 14.0. The number of aromatic nitrogens is 2. The minimum absolute atomic E-state index is 0.0625. The summed E-state index contributed by atoms with van der Waals surface area (Å²) in [6.45, 7) is 0. The highest BCUT2D eigenvalue weighted by Crippen LogP contribution is 2.32. The Labute approximate surface area is 166 Å². The van der Waals surface area contributed by atoms with Crippen molar-refractivity contribution in [3.05, 3.63) is 94.7 Å². The summed E-state index contributed by atoms with van der Waals surface area (Å²) in [4.78, 5) is 9.32. The van der Waals surface area contributed by atoms with Gasteiger partial charge < -0.3 is 0 Å². The zero-order valence-corrected chi connectivity index (χ0v) is 15.5. The summed E-state index contributed by atoms with van der Waals surface area (Å²) in [7, 11) is 0. The van der Waals surface area contributed by atoms with Crippen molar-refractivity contribution in [1.29, 1.82) is 0 Å². The largest absolute Gasteiger partial charge is 0.228 e. The Morgan fingerprint density at radius 1 is 0.593 bits per heavy atom. The number of benzene rings is 3. The molecule has 4 rings (SSSR count). The molecule has 0 N–H and O–H groups in total. The summed E-state index contributed by atoms with van der Waals surface area (Å²) in [6, 6.07) is 24.5. The minimum Gasteiger partial charge on any atom is -0.228 e. The van der Waals surface area contributed by atoms with E-state index in [0.29, 0.717) is 11.4 Å². The van der Waals surface area contributed by atoms with Crippen LogP contribution in [0.1, 0.15) is 0 Å². The molecule has 3 aromatic carbocycles. The van der Waals surface area contributed by atoms with Gasteiger partial charge in [-0.05, 0) is 18.2 Å². The number of nitrogens with zero attached hydrogens (tertiary/aromatic N) is 2. The summed E-state index contributed by atoms with van der Waals surface area (Å²) in [5, 5.41) is -0.125. The maximum atomic E-state index is 13.8. The number of halogens is 3. The van der Waals surface area contributed by atoms with Gasteiger partial charge >= 0.3 is 0 Å². The second-order valence-electron chi connectivity index (χ2n) is 5.95. The third-order valence-corrected chi connectivity index (χ3v) is 4.66. The van der Waals surface area contributed by atoms with Gasteiger partial charge in [-0.15, -0.1) is 0 Å². The van der Waals surface area contributed by atoms with Crippen LogP contribution in [0, 0.1) is 5.82 Å². The predicted molar refractivity (Wildman–Crippen MR) is 108 cm³/mol. The summed E-state index contributed by atoms with van der Waals surface area (Å²) >= 11 is 11.9. The minimum atomic E-state index is -0.649. The zero-order chi connectivity index (χ0) is 18.8. The van der Waals surface area contributed by atoms with Crippen LogP contribution in [0.4, 0.5) is 4.39 Å². The molecule has 0 unspecified atom stereocenters. The van der Waals surface area contributed by atoms with Crippen LogP contribution in [0.2, 0.25) is 10.0 Å². The lowest BCUT2D eigenvalue weighted by Crippen LogP contribution is -1.96. The van der Waals surface area contributed by atoms with Gasteiger partial charge in [0.15, 0.2) is 11.6 Å². The van der Waals surface area contributed by atoms with Gasteiger partial charge in [0.25, 0.3) is 0 Å². The third-order valence-electron chi connectivity index (χ3n) is 4.11. The SMILES string of the molecule is Fc1c(Cl)cc(-c2nc(-c3ccccc3)cc(-c3ccccc3)n2)cc1Cl. The third kappa shape index (κ3) is 3.70. The summed E-state index contributed by atoms with van der Waals surface area (Å²) in [5.74, 6) is -0.219. The highest BCUT2D eigenvalue weighted by Gasteiger charge is 2.14. The molecule has 0 aliphatic carbocycles. The van der Waals surface area contributed by atoms with Crippen molar-refractivity contribution in [2.45, 2.75) is 0 Å². The van der Waals surface area contributed by atoms with Crippen molar-refractivity contribution in [1.82, 2.24) is 9.97 Å². The highest BCUT2D eigenvalue weighted by molar-refractivity contribution is 6.35. The highest BCUT2D eigenvalue weighted by atomic mass is 35.5. The fourth-order valence-corrected chi connectivity index (χ4v) is 3.26. The average Bonchev–Trinajstić information content (AvgIpc) is 2.72. The molecule has 0 atom stereocenters. The van der Waals surface area contributed by atoms with Crippen LogP contribution in [0.5, 0.6) is 0 Å². The number of rotatable bonds is 3. The molecule has 1 aromatic heterocycles. The molecule has 0 spiro atoms. The lowest BCUT2D eigenvalue weighted by molar-refractivity contribution is 0.629. The topological polar surface area (TPSA) is 25.8 Å². The van der Waals surface area contributed by atoms with Crippen LogP contribution in [0.25, 0.3) is 33.9 Å². The Morgan fingerprint density at radius 2 is 1.04 bits per heavy atom. The molecule has 132 valence electrons. The molecule has 4 aromatic rings. The molecular formula is C22H13Cl2FN2. The Kier molecular flexibility index (Phi) is 4.88. The first-order chi connectivity index (χ1) is 13.1. The lowest BCUT2D eigenvalue weighted by Gasteiger charge is -2.10. The van der Waals surface area contributed by atoms with E-state index in [-0.39, 0.29) is 10.0 Å². The van der Waals surface area contributed by atoms with Gasteiger partial charge in [0, 0.05) is 16.7 Å². The van der Waals surface area contributed by atoms with E-state index in [9.17, 15) is 4.39 Å². The summed E-state index contributed by atoms with van der Waals surface area (Å²) in [6.07, 6.45) is 0. The molecule has 27 heavy (non-hydrogen) atoms. The first-order valence-corrected chi connectivity index (χ1v) is 9.02. The normalized spacial score (nSPS) is 10.8. The van der Waals surface area contributed by atoms with E-state index in [0.717, 1.165) is 22.5 Å². The van der Waals surface area contributed by atoms with Gasteiger partial charge in [-0.1, -0.05) is 83.9 Å². The Bertz CT molecular complexity index is 1020. The van der Waals surface area contributed by atoms with Crippen LogP contribution in [0.3, 0.4) is 0 Å². The smallest absolute Gasteiger partial charge is 0.160 e. The van der Waals surface area contributed by atoms with E-state index in [4.69, 9.17) is 23.2 Å². The van der Waals surface area contributed by atoms with Crippen LogP contribution in [-0.4, -0.2) is 9.97 Å². The molecule has 0 saturated carbocycles. The van der Waals surface area contributed by atoms with E-state index in [2.05, 4.69) is 9.97 Å². The van der Waals surface area contributed by atoms with Crippen LogP contribution in [0.15, 0.2) is 78.9 Å². The van der Waals surface area contributed by atoms with Gasteiger partial charge in [0.05, 0.1) is 21.4 Å². The Morgan fingerprint density at radius 3 is 1.48 bits per heavy atom. The second kappa shape index (κ2) is 7.47. The molecule has 5 heteroatoms. The van der Waals surface area contributed by atoms with E-state index >= 15 is 0 Å². The fourth-order valence-electron chi connectivity index (χ4n) is 2.77. The van der Waals surface area contributed by atoms with Crippen LogP contribution < -0.4 is 0 Å². The standard InChI is InChI=1S/C22H13Cl2FN2/c23-17-11-16(12-18(24)21(17)25)22-26-19(14-7-3-1-4-8-14)13-20(27-22)15-9-5-2-6-10-15/h1-13H. The predicted octanol–water partition coefficient (Wildman–Crippen LogP) is 6.92. The van der Waals surface area contributed by atoms with Crippen LogP contribution >= 0.6 is 23.2 Å². The van der Waals surface area contributed by atoms with Gasteiger partial charge in [-0.2, -0.15) is 0 Å². The van der Waals surface area contributed by atoms with Crippen molar-refractivity contribution in [3.63, 3.8) is 0 Å². The lowest BCUT2D eigenvalue weighted by atomic mass is 10.1. The van der Waals surface area contributed by atoms with Gasteiger partial charge in [-0.3, -0.25) is 0 Å². The molecule has 1 heterocycles. The molecule has 0 bridgehead atoms. The molecule has 0 amide bonds. The maximum Gasteiger partial charge on any atom is 0.160 e. The molecule has 0 aliphatic rings. The van der Waals surface area contributed by atoms with Crippen LogP contribution in [-0.2, 0) is 0 Å². The first-order valence-electron chi connectivity index (χ1n) is 8.26.